The van der Waals surface area contributed by atoms with E-state index in [1.165, 1.54) is 0 Å². The first-order valence-corrected chi connectivity index (χ1v) is 5.34. The highest BCUT2D eigenvalue weighted by atomic mass is 35.5. The number of rotatable bonds is 3. The molecule has 0 aromatic heterocycles. The van der Waals surface area contributed by atoms with E-state index in [0.29, 0.717) is 5.02 Å². The van der Waals surface area contributed by atoms with E-state index >= 15 is 0 Å². The third-order valence-corrected chi connectivity index (χ3v) is 2.75. The maximum atomic E-state index is 10.2. The van der Waals surface area contributed by atoms with Crippen LogP contribution in [0.2, 0.25) is 5.02 Å². The largest absolute Gasteiger partial charge is 0.385 e. The van der Waals surface area contributed by atoms with Crippen molar-refractivity contribution in [2.75, 3.05) is 0 Å². The monoisotopic (exact) mass is 212 g/mol. The third kappa shape index (κ3) is 2.49. The predicted molar refractivity (Wildman–Crippen MR) is 60.7 cm³/mol. The zero-order chi connectivity index (χ0) is 10.8. The second-order valence-corrected chi connectivity index (χ2v) is 4.42. The van der Waals surface area contributed by atoms with Crippen LogP contribution in [0.25, 0.3) is 0 Å². The van der Waals surface area contributed by atoms with Gasteiger partial charge in [-0.15, -0.1) is 0 Å². The van der Waals surface area contributed by atoms with Gasteiger partial charge >= 0.3 is 0 Å². The lowest BCUT2D eigenvalue weighted by atomic mass is 9.88. The van der Waals surface area contributed by atoms with Gasteiger partial charge in [0.1, 0.15) is 0 Å². The SMILES string of the molecule is CCCC(C)(O)c1cc(Cl)ccc1C. The molecular formula is C12H17ClO. The van der Waals surface area contributed by atoms with Gasteiger partial charge in [0.2, 0.25) is 0 Å². The van der Waals surface area contributed by atoms with Crippen molar-refractivity contribution in [3.05, 3.63) is 34.3 Å². The minimum atomic E-state index is -0.760. The zero-order valence-corrected chi connectivity index (χ0v) is 9.73. The second-order valence-electron chi connectivity index (χ2n) is 3.98. The zero-order valence-electron chi connectivity index (χ0n) is 8.97. The molecule has 0 aliphatic carbocycles. The van der Waals surface area contributed by atoms with Gasteiger partial charge in [-0.25, -0.2) is 0 Å². The minimum absolute atomic E-state index is 0.682. The van der Waals surface area contributed by atoms with Crippen LogP contribution in [0.4, 0.5) is 0 Å². The molecule has 1 nitrogen and oxygen atoms in total. The summed E-state index contributed by atoms with van der Waals surface area (Å²) in [5, 5.41) is 10.9. The first-order chi connectivity index (χ1) is 6.47. The smallest absolute Gasteiger partial charge is 0.0871 e. The molecule has 0 saturated heterocycles. The van der Waals surface area contributed by atoms with Crippen molar-refractivity contribution in [2.45, 2.75) is 39.2 Å². The fourth-order valence-electron chi connectivity index (χ4n) is 1.80. The van der Waals surface area contributed by atoms with Gasteiger partial charge in [-0.3, -0.25) is 0 Å². The van der Waals surface area contributed by atoms with E-state index in [-0.39, 0.29) is 0 Å². The number of benzene rings is 1. The third-order valence-electron chi connectivity index (χ3n) is 2.52. The van der Waals surface area contributed by atoms with Crippen molar-refractivity contribution >= 4 is 11.6 Å². The number of halogens is 1. The average molecular weight is 213 g/mol. The molecule has 0 heterocycles. The van der Waals surface area contributed by atoms with Crippen molar-refractivity contribution in [1.82, 2.24) is 0 Å². The molecule has 0 amide bonds. The second kappa shape index (κ2) is 4.33. The Morgan fingerprint density at radius 3 is 2.64 bits per heavy atom. The standard InChI is InChI=1S/C12H17ClO/c1-4-7-12(3,14)11-8-10(13)6-5-9(11)2/h5-6,8,14H,4,7H2,1-3H3. The average Bonchev–Trinajstić information content (AvgIpc) is 2.09. The lowest BCUT2D eigenvalue weighted by Gasteiger charge is -2.25. The van der Waals surface area contributed by atoms with Crippen LogP contribution in [0, 0.1) is 6.92 Å². The highest BCUT2D eigenvalue weighted by molar-refractivity contribution is 6.30. The number of aliphatic hydroxyl groups is 1. The molecule has 2 heteroatoms. The Hall–Kier alpha value is -0.530. The quantitative estimate of drug-likeness (QED) is 0.811. The van der Waals surface area contributed by atoms with E-state index in [1.807, 2.05) is 32.0 Å². The summed E-state index contributed by atoms with van der Waals surface area (Å²) in [7, 11) is 0. The van der Waals surface area contributed by atoms with Gasteiger partial charge in [0.05, 0.1) is 5.60 Å². The lowest BCUT2D eigenvalue weighted by Crippen LogP contribution is -2.21. The molecule has 1 N–H and O–H groups in total. The van der Waals surface area contributed by atoms with Crippen LogP contribution in [0.5, 0.6) is 0 Å². The highest BCUT2D eigenvalue weighted by Gasteiger charge is 2.23. The van der Waals surface area contributed by atoms with Crippen molar-refractivity contribution < 1.29 is 5.11 Å². The predicted octanol–water partition coefficient (Wildman–Crippen LogP) is 3.66. The Morgan fingerprint density at radius 1 is 1.43 bits per heavy atom. The normalized spacial score (nSPS) is 15.2. The molecule has 0 fully saturated rings. The molecule has 0 spiro atoms. The maximum absolute atomic E-state index is 10.2. The van der Waals surface area contributed by atoms with Crippen molar-refractivity contribution in [2.24, 2.45) is 0 Å². The molecule has 1 atom stereocenters. The molecule has 0 radical (unpaired) electrons. The number of hydrogen-bond donors (Lipinski definition) is 1. The Morgan fingerprint density at radius 2 is 2.07 bits per heavy atom. The Bertz CT molecular complexity index is 318. The molecule has 0 aliphatic rings. The molecule has 1 unspecified atom stereocenters. The summed E-state index contributed by atoms with van der Waals surface area (Å²) in [5.74, 6) is 0. The van der Waals surface area contributed by atoms with Crippen LogP contribution < -0.4 is 0 Å². The van der Waals surface area contributed by atoms with E-state index in [9.17, 15) is 5.11 Å². The summed E-state index contributed by atoms with van der Waals surface area (Å²) in [4.78, 5) is 0. The lowest BCUT2D eigenvalue weighted by molar-refractivity contribution is 0.0463. The summed E-state index contributed by atoms with van der Waals surface area (Å²) < 4.78 is 0. The van der Waals surface area contributed by atoms with Gasteiger partial charge in [0.25, 0.3) is 0 Å². The molecule has 0 aliphatic heterocycles. The van der Waals surface area contributed by atoms with Crippen molar-refractivity contribution in [3.63, 3.8) is 0 Å². The summed E-state index contributed by atoms with van der Waals surface area (Å²) in [6.07, 6.45) is 1.72. The van der Waals surface area contributed by atoms with Crippen molar-refractivity contribution in [1.29, 1.82) is 0 Å². The summed E-state index contributed by atoms with van der Waals surface area (Å²) in [6.45, 7) is 5.90. The van der Waals surface area contributed by atoms with Crippen LogP contribution in [-0.2, 0) is 5.60 Å². The molecule has 1 aromatic rings. The van der Waals surface area contributed by atoms with Gasteiger partial charge in [0, 0.05) is 5.02 Å². The Balaban J connectivity index is 3.10. The fourth-order valence-corrected chi connectivity index (χ4v) is 1.97. The van der Waals surface area contributed by atoms with E-state index < -0.39 is 5.60 Å². The topological polar surface area (TPSA) is 20.2 Å². The van der Waals surface area contributed by atoms with E-state index in [1.54, 1.807) is 0 Å². The van der Waals surface area contributed by atoms with Gasteiger partial charge in [-0.1, -0.05) is 31.0 Å². The first kappa shape index (κ1) is 11.5. The fraction of sp³-hybridized carbons (Fsp3) is 0.500. The summed E-state index contributed by atoms with van der Waals surface area (Å²) in [5.41, 5.74) is 1.27. The van der Waals surface area contributed by atoms with Crippen LogP contribution in [0.15, 0.2) is 18.2 Å². The molecule has 0 bridgehead atoms. The minimum Gasteiger partial charge on any atom is -0.385 e. The Kier molecular flexibility index (Phi) is 3.57. The first-order valence-electron chi connectivity index (χ1n) is 4.96. The highest BCUT2D eigenvalue weighted by Crippen LogP contribution is 2.30. The number of hydrogen-bond acceptors (Lipinski definition) is 1. The van der Waals surface area contributed by atoms with Crippen LogP contribution in [0.1, 0.15) is 37.8 Å². The molecule has 1 rings (SSSR count). The van der Waals surface area contributed by atoms with E-state index in [4.69, 9.17) is 11.6 Å². The van der Waals surface area contributed by atoms with Gasteiger partial charge in [-0.2, -0.15) is 0 Å². The molecular weight excluding hydrogens is 196 g/mol. The van der Waals surface area contributed by atoms with Crippen LogP contribution in [0.3, 0.4) is 0 Å². The molecule has 78 valence electrons. The number of aryl methyl sites for hydroxylation is 1. The van der Waals surface area contributed by atoms with Crippen LogP contribution in [-0.4, -0.2) is 5.11 Å². The molecule has 0 saturated carbocycles. The summed E-state index contributed by atoms with van der Waals surface area (Å²) >= 11 is 5.91. The van der Waals surface area contributed by atoms with Crippen LogP contribution >= 0.6 is 11.6 Å². The van der Waals surface area contributed by atoms with E-state index in [0.717, 1.165) is 24.0 Å². The van der Waals surface area contributed by atoms with Gasteiger partial charge in [-0.05, 0) is 43.5 Å². The molecule has 14 heavy (non-hydrogen) atoms. The summed E-state index contributed by atoms with van der Waals surface area (Å²) in [6, 6.07) is 5.65. The van der Waals surface area contributed by atoms with Crippen molar-refractivity contribution in [3.8, 4) is 0 Å². The Labute approximate surface area is 90.7 Å². The van der Waals surface area contributed by atoms with Gasteiger partial charge < -0.3 is 5.11 Å². The molecule has 1 aromatic carbocycles. The van der Waals surface area contributed by atoms with Gasteiger partial charge in [0.15, 0.2) is 0 Å². The maximum Gasteiger partial charge on any atom is 0.0871 e. The van der Waals surface area contributed by atoms with E-state index in [2.05, 4.69) is 6.92 Å².